The molecule has 1 rings (SSSR count). The number of methoxy groups -OCH3 is 1. The molecule has 0 aliphatic rings. The molecule has 0 aliphatic heterocycles. The molecule has 104 valence electrons. The highest BCUT2D eigenvalue weighted by Crippen LogP contribution is 2.20. The SMILES string of the molecule is COc1ccc(CN(CCCO)C(C)C)cc1C#N. The summed E-state index contributed by atoms with van der Waals surface area (Å²) in [6.45, 7) is 6.09. The maximum atomic E-state index is 9.08. The lowest BCUT2D eigenvalue weighted by Crippen LogP contribution is -2.31. The molecule has 0 aliphatic carbocycles. The van der Waals surface area contributed by atoms with E-state index < -0.39 is 0 Å². The summed E-state index contributed by atoms with van der Waals surface area (Å²) in [5.41, 5.74) is 1.65. The van der Waals surface area contributed by atoms with Crippen LogP contribution >= 0.6 is 0 Å². The predicted octanol–water partition coefficient (Wildman–Crippen LogP) is 2.16. The summed E-state index contributed by atoms with van der Waals surface area (Å²) in [5.74, 6) is 0.609. The first kappa shape index (κ1) is 15.5. The molecule has 0 bridgehead atoms. The smallest absolute Gasteiger partial charge is 0.136 e. The number of nitriles is 1. The Bertz CT molecular complexity index is 438. The van der Waals surface area contributed by atoms with E-state index in [2.05, 4.69) is 24.8 Å². The molecule has 0 atom stereocenters. The zero-order valence-corrected chi connectivity index (χ0v) is 11.9. The summed E-state index contributed by atoms with van der Waals surface area (Å²) < 4.78 is 5.14. The van der Waals surface area contributed by atoms with Gasteiger partial charge in [0.05, 0.1) is 12.7 Å². The molecular weight excluding hydrogens is 240 g/mol. The van der Waals surface area contributed by atoms with Crippen molar-refractivity contribution in [2.45, 2.75) is 32.9 Å². The van der Waals surface area contributed by atoms with E-state index in [-0.39, 0.29) is 6.61 Å². The fourth-order valence-electron chi connectivity index (χ4n) is 1.97. The molecule has 0 heterocycles. The third-order valence-corrected chi connectivity index (χ3v) is 3.10. The highest BCUT2D eigenvalue weighted by Gasteiger charge is 2.11. The van der Waals surface area contributed by atoms with Crippen molar-refractivity contribution in [2.75, 3.05) is 20.3 Å². The summed E-state index contributed by atoms with van der Waals surface area (Å²) in [6.07, 6.45) is 0.763. The molecule has 0 saturated heterocycles. The summed E-state index contributed by atoms with van der Waals surface area (Å²) in [7, 11) is 1.57. The summed E-state index contributed by atoms with van der Waals surface area (Å²) in [5, 5.41) is 18.0. The van der Waals surface area contributed by atoms with Crippen LogP contribution < -0.4 is 4.74 Å². The monoisotopic (exact) mass is 262 g/mol. The minimum Gasteiger partial charge on any atom is -0.495 e. The number of aliphatic hydroxyl groups excluding tert-OH is 1. The van der Waals surface area contributed by atoms with Gasteiger partial charge < -0.3 is 9.84 Å². The van der Waals surface area contributed by atoms with Gasteiger partial charge in [-0.15, -0.1) is 0 Å². The number of hydrogen-bond acceptors (Lipinski definition) is 4. The van der Waals surface area contributed by atoms with Crippen LogP contribution in [0.3, 0.4) is 0 Å². The zero-order chi connectivity index (χ0) is 14.3. The van der Waals surface area contributed by atoms with Gasteiger partial charge >= 0.3 is 0 Å². The Balaban J connectivity index is 2.82. The van der Waals surface area contributed by atoms with Crippen molar-refractivity contribution in [3.63, 3.8) is 0 Å². The number of nitrogens with zero attached hydrogens (tertiary/aromatic N) is 2. The van der Waals surface area contributed by atoms with Crippen LogP contribution in [0.1, 0.15) is 31.4 Å². The van der Waals surface area contributed by atoms with Gasteiger partial charge in [-0.05, 0) is 38.0 Å². The van der Waals surface area contributed by atoms with E-state index >= 15 is 0 Å². The Kier molecular flexibility index (Phi) is 6.34. The number of rotatable bonds is 7. The van der Waals surface area contributed by atoms with Gasteiger partial charge in [-0.3, -0.25) is 4.90 Å². The van der Waals surface area contributed by atoms with Crippen LogP contribution in [-0.4, -0.2) is 36.3 Å². The number of ether oxygens (including phenoxy) is 1. The van der Waals surface area contributed by atoms with Gasteiger partial charge in [0.15, 0.2) is 0 Å². The summed E-state index contributed by atoms with van der Waals surface area (Å²) in [6, 6.07) is 8.23. The van der Waals surface area contributed by atoms with Crippen molar-refractivity contribution < 1.29 is 9.84 Å². The van der Waals surface area contributed by atoms with Gasteiger partial charge in [0.1, 0.15) is 11.8 Å². The van der Waals surface area contributed by atoms with E-state index in [9.17, 15) is 0 Å². The van der Waals surface area contributed by atoms with Crippen LogP contribution in [0.5, 0.6) is 5.75 Å². The first-order valence-electron chi connectivity index (χ1n) is 6.54. The molecular formula is C15H22N2O2. The Morgan fingerprint density at radius 1 is 1.42 bits per heavy atom. The zero-order valence-electron chi connectivity index (χ0n) is 11.9. The van der Waals surface area contributed by atoms with Crippen LogP contribution in [0.25, 0.3) is 0 Å². The van der Waals surface area contributed by atoms with E-state index in [1.54, 1.807) is 7.11 Å². The van der Waals surface area contributed by atoms with E-state index in [0.29, 0.717) is 17.4 Å². The summed E-state index contributed by atoms with van der Waals surface area (Å²) >= 11 is 0. The average molecular weight is 262 g/mol. The van der Waals surface area contributed by atoms with Crippen LogP contribution in [0.15, 0.2) is 18.2 Å². The first-order chi connectivity index (χ1) is 9.12. The number of hydrogen-bond donors (Lipinski definition) is 1. The molecule has 1 N–H and O–H groups in total. The maximum absolute atomic E-state index is 9.08. The molecule has 0 saturated carbocycles. The van der Waals surface area contributed by atoms with E-state index in [0.717, 1.165) is 25.1 Å². The molecule has 1 aromatic rings. The van der Waals surface area contributed by atoms with Gasteiger partial charge in [-0.1, -0.05) is 6.07 Å². The third kappa shape index (κ3) is 4.55. The second-order valence-corrected chi connectivity index (χ2v) is 4.79. The van der Waals surface area contributed by atoms with Crippen molar-refractivity contribution in [3.05, 3.63) is 29.3 Å². The Labute approximate surface area is 115 Å². The van der Waals surface area contributed by atoms with Gasteiger partial charge in [0, 0.05) is 25.7 Å². The lowest BCUT2D eigenvalue weighted by molar-refractivity contribution is 0.185. The maximum Gasteiger partial charge on any atom is 0.136 e. The molecule has 0 unspecified atom stereocenters. The highest BCUT2D eigenvalue weighted by atomic mass is 16.5. The fourth-order valence-corrected chi connectivity index (χ4v) is 1.97. The molecule has 0 aromatic heterocycles. The molecule has 0 amide bonds. The van der Waals surface area contributed by atoms with Gasteiger partial charge in [0.25, 0.3) is 0 Å². The molecule has 1 aromatic carbocycles. The van der Waals surface area contributed by atoms with Crippen LogP contribution in [-0.2, 0) is 6.54 Å². The third-order valence-electron chi connectivity index (χ3n) is 3.10. The fraction of sp³-hybridized carbons (Fsp3) is 0.533. The number of benzene rings is 1. The van der Waals surface area contributed by atoms with Gasteiger partial charge in [-0.2, -0.15) is 5.26 Å². The first-order valence-corrected chi connectivity index (χ1v) is 6.54. The van der Waals surface area contributed by atoms with Crippen molar-refractivity contribution in [2.24, 2.45) is 0 Å². The largest absolute Gasteiger partial charge is 0.495 e. The lowest BCUT2D eigenvalue weighted by atomic mass is 10.1. The topological polar surface area (TPSA) is 56.5 Å². The van der Waals surface area contributed by atoms with Crippen LogP contribution in [0, 0.1) is 11.3 Å². The minimum absolute atomic E-state index is 0.204. The normalized spacial score (nSPS) is 10.8. The van der Waals surface area contributed by atoms with Crippen molar-refractivity contribution in [3.8, 4) is 11.8 Å². The lowest BCUT2D eigenvalue weighted by Gasteiger charge is -2.26. The van der Waals surface area contributed by atoms with Crippen LogP contribution in [0.4, 0.5) is 0 Å². The number of aliphatic hydroxyl groups is 1. The Morgan fingerprint density at radius 2 is 2.16 bits per heavy atom. The molecule has 4 heteroatoms. The molecule has 4 nitrogen and oxygen atoms in total. The van der Waals surface area contributed by atoms with E-state index in [4.69, 9.17) is 15.1 Å². The van der Waals surface area contributed by atoms with E-state index in [1.807, 2.05) is 18.2 Å². The van der Waals surface area contributed by atoms with Crippen molar-refractivity contribution >= 4 is 0 Å². The van der Waals surface area contributed by atoms with Gasteiger partial charge in [0.2, 0.25) is 0 Å². The average Bonchev–Trinajstić information content (AvgIpc) is 2.42. The summed E-state index contributed by atoms with van der Waals surface area (Å²) in [4.78, 5) is 2.28. The molecule has 0 fully saturated rings. The van der Waals surface area contributed by atoms with Crippen molar-refractivity contribution in [1.82, 2.24) is 4.90 Å². The molecule has 0 spiro atoms. The Morgan fingerprint density at radius 3 is 2.68 bits per heavy atom. The second kappa shape index (κ2) is 7.78. The Hall–Kier alpha value is -1.57. The van der Waals surface area contributed by atoms with Crippen molar-refractivity contribution in [1.29, 1.82) is 5.26 Å². The quantitative estimate of drug-likeness (QED) is 0.818. The minimum atomic E-state index is 0.204. The highest BCUT2D eigenvalue weighted by molar-refractivity contribution is 5.45. The standard InChI is InChI=1S/C15H22N2O2/c1-12(2)17(7-4-8-18)11-13-5-6-15(19-3)14(9-13)10-16/h5-6,9,12,18H,4,7-8,11H2,1-3H3. The predicted molar refractivity (Wildman–Crippen MR) is 75.0 cm³/mol. The molecule has 0 radical (unpaired) electrons. The van der Waals surface area contributed by atoms with Crippen LogP contribution in [0.2, 0.25) is 0 Å². The van der Waals surface area contributed by atoms with E-state index in [1.165, 1.54) is 0 Å². The second-order valence-electron chi connectivity index (χ2n) is 4.79. The molecule has 19 heavy (non-hydrogen) atoms. The van der Waals surface area contributed by atoms with Gasteiger partial charge in [-0.25, -0.2) is 0 Å².